The number of nitrogens with one attached hydrogen (secondary N) is 1. The van der Waals surface area contributed by atoms with E-state index >= 15 is 0 Å². The second kappa shape index (κ2) is 4.96. The van der Waals surface area contributed by atoms with Crippen LogP contribution in [0, 0.1) is 28.0 Å². The van der Waals surface area contributed by atoms with Crippen LogP contribution in [-0.2, 0) is 0 Å². The summed E-state index contributed by atoms with van der Waals surface area (Å²) in [5.74, 6) is -4.06. The Balaban J connectivity index is 2.43. The molecule has 3 rings (SSSR count). The Morgan fingerprint density at radius 2 is 1.71 bits per heavy atom. The number of imidazole rings is 1. The van der Waals surface area contributed by atoms with Crippen LogP contribution in [-0.4, -0.2) is 9.55 Å². The van der Waals surface area contributed by atoms with Gasteiger partial charge in [-0.1, -0.05) is 0 Å². The second-order valence-corrected chi connectivity index (χ2v) is 5.51. The molecular weight excluding hydrogens is 372 g/mol. The molecule has 8 heteroatoms. The molecule has 3 aromatic rings. The molecular formula is C13H5BrF4N2S. The van der Waals surface area contributed by atoms with E-state index in [9.17, 15) is 17.6 Å². The zero-order valence-corrected chi connectivity index (χ0v) is 12.5. The predicted octanol–water partition coefficient (Wildman–Crippen LogP) is 5.01. The van der Waals surface area contributed by atoms with Crippen LogP contribution in [0.2, 0.25) is 0 Å². The molecule has 0 atom stereocenters. The minimum atomic E-state index is -1.33. The molecule has 2 nitrogen and oxygen atoms in total. The fraction of sp³-hybridized carbons (Fsp3) is 0. The smallest absolute Gasteiger partial charge is 0.183 e. The lowest BCUT2D eigenvalue weighted by Gasteiger charge is -2.07. The summed E-state index contributed by atoms with van der Waals surface area (Å²) in [6.45, 7) is 0. The van der Waals surface area contributed by atoms with Gasteiger partial charge in [0.05, 0.1) is 21.2 Å². The third-order valence-electron chi connectivity index (χ3n) is 2.94. The standard InChI is InChI=1S/C13H5BrF4N2S/c14-6-3-10-9(4-7(6)16)19-13(21)20(10)11-2-5(15)1-8(17)12(11)18/h1-4H,(H,19,21). The van der Waals surface area contributed by atoms with Crippen LogP contribution in [0.25, 0.3) is 16.7 Å². The maximum Gasteiger partial charge on any atom is 0.183 e. The molecule has 0 radical (unpaired) electrons. The van der Waals surface area contributed by atoms with Gasteiger partial charge in [0, 0.05) is 18.2 Å². The van der Waals surface area contributed by atoms with Gasteiger partial charge < -0.3 is 4.98 Å². The molecule has 21 heavy (non-hydrogen) atoms. The van der Waals surface area contributed by atoms with Crippen molar-refractivity contribution in [3.05, 3.63) is 56.8 Å². The van der Waals surface area contributed by atoms with E-state index in [1.54, 1.807) is 0 Å². The maximum atomic E-state index is 13.9. The van der Waals surface area contributed by atoms with Crippen LogP contribution >= 0.6 is 28.1 Å². The van der Waals surface area contributed by atoms with E-state index in [1.807, 2.05) is 0 Å². The molecule has 0 aliphatic rings. The van der Waals surface area contributed by atoms with Crippen molar-refractivity contribution in [1.29, 1.82) is 0 Å². The molecule has 0 bridgehead atoms. The lowest BCUT2D eigenvalue weighted by molar-refractivity contribution is 0.491. The number of aromatic nitrogens is 2. The molecule has 1 heterocycles. The van der Waals surface area contributed by atoms with E-state index in [0.717, 1.165) is 16.7 Å². The van der Waals surface area contributed by atoms with Crippen molar-refractivity contribution in [1.82, 2.24) is 9.55 Å². The summed E-state index contributed by atoms with van der Waals surface area (Å²) in [4.78, 5) is 2.67. The number of hydrogen-bond acceptors (Lipinski definition) is 1. The first-order valence-corrected chi connectivity index (χ1v) is 6.83. The van der Waals surface area contributed by atoms with Gasteiger partial charge in [0.15, 0.2) is 16.4 Å². The third kappa shape index (κ3) is 2.28. The number of halogens is 5. The zero-order valence-electron chi connectivity index (χ0n) is 10.1. The molecule has 0 fully saturated rings. The molecule has 0 aliphatic carbocycles. The largest absolute Gasteiger partial charge is 0.330 e. The lowest BCUT2D eigenvalue weighted by Crippen LogP contribution is -2.01. The molecule has 108 valence electrons. The quantitative estimate of drug-likeness (QED) is 0.359. The van der Waals surface area contributed by atoms with Crippen LogP contribution in [0.15, 0.2) is 28.7 Å². The van der Waals surface area contributed by atoms with Crippen LogP contribution in [0.3, 0.4) is 0 Å². The van der Waals surface area contributed by atoms with Gasteiger partial charge in [-0.3, -0.25) is 4.57 Å². The van der Waals surface area contributed by atoms with Gasteiger partial charge in [-0.2, -0.15) is 0 Å². The molecule has 1 N–H and O–H groups in total. The Labute approximate surface area is 129 Å². The number of fused-ring (bicyclic) bond motifs is 1. The van der Waals surface area contributed by atoms with Crippen molar-refractivity contribution >= 4 is 39.2 Å². The van der Waals surface area contributed by atoms with Crippen molar-refractivity contribution in [2.24, 2.45) is 0 Å². The maximum absolute atomic E-state index is 13.9. The van der Waals surface area contributed by atoms with Crippen molar-refractivity contribution in [3.8, 4) is 5.69 Å². The first kappa shape index (κ1) is 14.3. The number of hydrogen-bond donors (Lipinski definition) is 1. The summed E-state index contributed by atoms with van der Waals surface area (Å²) >= 11 is 8.03. The Hall–Kier alpha value is -1.67. The van der Waals surface area contributed by atoms with Crippen LogP contribution in [0.4, 0.5) is 17.6 Å². The minimum absolute atomic E-state index is 0.00796. The average Bonchev–Trinajstić information content (AvgIpc) is 2.70. The predicted molar refractivity (Wildman–Crippen MR) is 76.0 cm³/mol. The topological polar surface area (TPSA) is 20.7 Å². The van der Waals surface area contributed by atoms with Gasteiger partial charge in [0.2, 0.25) is 0 Å². The monoisotopic (exact) mass is 376 g/mol. The van der Waals surface area contributed by atoms with E-state index in [4.69, 9.17) is 12.2 Å². The summed E-state index contributed by atoms with van der Waals surface area (Å²) in [6.07, 6.45) is 0. The SMILES string of the molecule is Fc1cc(F)c(F)c(-n2c(=S)[nH]c3cc(F)c(Br)cc32)c1. The summed E-state index contributed by atoms with van der Waals surface area (Å²) in [6, 6.07) is 3.75. The average molecular weight is 377 g/mol. The number of nitrogens with zero attached hydrogens (tertiary/aromatic N) is 1. The summed E-state index contributed by atoms with van der Waals surface area (Å²) in [5.41, 5.74) is 0.184. The highest BCUT2D eigenvalue weighted by atomic mass is 79.9. The van der Waals surface area contributed by atoms with Gasteiger partial charge >= 0.3 is 0 Å². The Morgan fingerprint density at radius 1 is 1.00 bits per heavy atom. The Bertz CT molecular complexity index is 932. The van der Waals surface area contributed by atoms with E-state index in [-0.39, 0.29) is 26.0 Å². The number of aromatic amines is 1. The van der Waals surface area contributed by atoms with Crippen molar-refractivity contribution < 1.29 is 17.6 Å². The molecule has 0 saturated heterocycles. The highest BCUT2D eigenvalue weighted by Gasteiger charge is 2.17. The molecule has 1 aromatic heterocycles. The third-order valence-corrected chi connectivity index (χ3v) is 3.83. The van der Waals surface area contributed by atoms with Gasteiger partial charge in [-0.15, -0.1) is 0 Å². The van der Waals surface area contributed by atoms with Crippen LogP contribution in [0.1, 0.15) is 0 Å². The second-order valence-electron chi connectivity index (χ2n) is 4.27. The van der Waals surface area contributed by atoms with Gasteiger partial charge in [0.1, 0.15) is 11.6 Å². The zero-order chi connectivity index (χ0) is 15.3. The van der Waals surface area contributed by atoms with Gasteiger partial charge in [-0.05, 0) is 34.2 Å². The Kier molecular flexibility index (Phi) is 3.37. The fourth-order valence-electron chi connectivity index (χ4n) is 2.05. The lowest BCUT2D eigenvalue weighted by atomic mass is 10.2. The fourth-order valence-corrected chi connectivity index (χ4v) is 2.68. The van der Waals surface area contributed by atoms with Crippen molar-refractivity contribution in [2.45, 2.75) is 0 Å². The molecule has 0 aliphatic heterocycles. The minimum Gasteiger partial charge on any atom is -0.330 e. The molecule has 0 amide bonds. The number of rotatable bonds is 1. The van der Waals surface area contributed by atoms with Gasteiger partial charge in [0.25, 0.3) is 0 Å². The van der Waals surface area contributed by atoms with Gasteiger partial charge in [-0.25, -0.2) is 17.6 Å². The van der Waals surface area contributed by atoms with E-state index < -0.39 is 23.3 Å². The van der Waals surface area contributed by atoms with E-state index in [0.29, 0.717) is 6.07 Å². The summed E-state index contributed by atoms with van der Waals surface area (Å²) in [7, 11) is 0. The van der Waals surface area contributed by atoms with Crippen molar-refractivity contribution in [2.75, 3.05) is 0 Å². The molecule has 0 unspecified atom stereocenters. The highest BCUT2D eigenvalue weighted by molar-refractivity contribution is 9.10. The summed E-state index contributed by atoms with van der Waals surface area (Å²) in [5, 5.41) is 0. The Morgan fingerprint density at radius 3 is 2.43 bits per heavy atom. The molecule has 0 saturated carbocycles. The van der Waals surface area contributed by atoms with E-state index in [1.165, 1.54) is 6.07 Å². The summed E-state index contributed by atoms with van der Waals surface area (Å²) < 4.78 is 55.3. The van der Waals surface area contributed by atoms with E-state index in [2.05, 4.69) is 20.9 Å². The first-order chi connectivity index (χ1) is 9.88. The number of H-pyrrole nitrogens is 1. The number of benzene rings is 2. The first-order valence-electron chi connectivity index (χ1n) is 5.63. The molecule has 2 aromatic carbocycles. The molecule has 0 spiro atoms. The van der Waals surface area contributed by atoms with Crippen molar-refractivity contribution in [3.63, 3.8) is 0 Å². The van der Waals surface area contributed by atoms with Crippen LogP contribution in [0.5, 0.6) is 0 Å². The van der Waals surface area contributed by atoms with Crippen LogP contribution < -0.4 is 0 Å². The highest BCUT2D eigenvalue weighted by Crippen LogP contribution is 2.27. The normalized spacial score (nSPS) is 11.3.